The highest BCUT2D eigenvalue weighted by atomic mass is 19.1. The van der Waals surface area contributed by atoms with Crippen LogP contribution in [0.15, 0.2) is 30.6 Å². The fourth-order valence-corrected chi connectivity index (χ4v) is 2.22. The van der Waals surface area contributed by atoms with E-state index in [1.807, 2.05) is 13.8 Å². The normalized spacial score (nSPS) is 12.6. The van der Waals surface area contributed by atoms with Gasteiger partial charge in [0.1, 0.15) is 18.0 Å². The lowest BCUT2D eigenvalue weighted by molar-refractivity contribution is -0.141. The second-order valence-electron chi connectivity index (χ2n) is 5.28. The summed E-state index contributed by atoms with van der Waals surface area (Å²) in [6.07, 6.45) is 2.07. The van der Waals surface area contributed by atoms with E-state index in [2.05, 4.69) is 10.1 Å². The van der Waals surface area contributed by atoms with Gasteiger partial charge in [-0.15, -0.1) is 0 Å². The van der Waals surface area contributed by atoms with Gasteiger partial charge in [0.25, 0.3) is 0 Å². The van der Waals surface area contributed by atoms with Crippen LogP contribution in [0.3, 0.4) is 0 Å². The van der Waals surface area contributed by atoms with Crippen LogP contribution in [0.4, 0.5) is 4.39 Å². The van der Waals surface area contributed by atoms with Gasteiger partial charge in [0.15, 0.2) is 0 Å². The van der Waals surface area contributed by atoms with E-state index in [0.717, 1.165) is 5.56 Å². The summed E-state index contributed by atoms with van der Waals surface area (Å²) >= 11 is 0. The van der Waals surface area contributed by atoms with Crippen LogP contribution in [0.1, 0.15) is 31.3 Å². The van der Waals surface area contributed by atoms with Gasteiger partial charge in [-0.3, -0.25) is 4.79 Å². The van der Waals surface area contributed by atoms with Crippen molar-refractivity contribution in [3.05, 3.63) is 47.8 Å². The van der Waals surface area contributed by atoms with Crippen LogP contribution < -0.4 is 0 Å². The first-order chi connectivity index (χ1) is 9.97. The standard InChI is InChI=1S/C15H18FN3O2/c1-10(2)19-14(17-9-18-19)8-12(15(20)21)7-11-3-5-13(16)6-4-11/h3-6,9-10,12H,7-8H2,1-2H3,(H,20,21). The second-order valence-corrected chi connectivity index (χ2v) is 5.28. The van der Waals surface area contributed by atoms with Crippen molar-refractivity contribution >= 4 is 5.97 Å². The fourth-order valence-electron chi connectivity index (χ4n) is 2.22. The van der Waals surface area contributed by atoms with Crippen molar-refractivity contribution in [2.45, 2.75) is 32.7 Å². The number of halogens is 1. The minimum atomic E-state index is -0.891. The molecule has 0 radical (unpaired) electrons. The van der Waals surface area contributed by atoms with Gasteiger partial charge in [-0.2, -0.15) is 5.10 Å². The average Bonchev–Trinajstić information content (AvgIpc) is 2.88. The molecule has 112 valence electrons. The van der Waals surface area contributed by atoms with E-state index in [9.17, 15) is 14.3 Å². The molecule has 0 amide bonds. The van der Waals surface area contributed by atoms with Crippen molar-refractivity contribution in [1.29, 1.82) is 0 Å². The predicted octanol–water partition coefficient (Wildman–Crippen LogP) is 2.48. The molecule has 2 rings (SSSR count). The molecule has 6 heteroatoms. The first-order valence-corrected chi connectivity index (χ1v) is 6.83. The lowest BCUT2D eigenvalue weighted by Gasteiger charge is -2.14. The summed E-state index contributed by atoms with van der Waals surface area (Å²) in [5.41, 5.74) is 0.791. The molecule has 0 aliphatic heterocycles. The molecule has 0 aliphatic carbocycles. The van der Waals surface area contributed by atoms with E-state index in [4.69, 9.17) is 0 Å². The van der Waals surface area contributed by atoms with Crippen molar-refractivity contribution in [3.8, 4) is 0 Å². The van der Waals surface area contributed by atoms with Crippen molar-refractivity contribution in [1.82, 2.24) is 14.8 Å². The summed E-state index contributed by atoms with van der Waals surface area (Å²) in [4.78, 5) is 15.6. The average molecular weight is 291 g/mol. The molecule has 1 unspecified atom stereocenters. The van der Waals surface area contributed by atoms with E-state index in [1.165, 1.54) is 18.5 Å². The Hall–Kier alpha value is -2.24. The van der Waals surface area contributed by atoms with Crippen LogP contribution in [-0.2, 0) is 17.6 Å². The summed E-state index contributed by atoms with van der Waals surface area (Å²) in [5, 5.41) is 13.5. The Bertz CT molecular complexity index is 608. The van der Waals surface area contributed by atoms with Crippen LogP contribution in [-0.4, -0.2) is 25.8 Å². The Morgan fingerprint density at radius 2 is 1.95 bits per heavy atom. The zero-order chi connectivity index (χ0) is 15.4. The molecule has 1 aromatic carbocycles. The molecule has 1 atom stereocenters. The van der Waals surface area contributed by atoms with Gasteiger partial charge in [-0.1, -0.05) is 12.1 Å². The van der Waals surface area contributed by atoms with Gasteiger partial charge in [0.05, 0.1) is 5.92 Å². The molecular formula is C15H18FN3O2. The number of carboxylic acid groups (broad SMARTS) is 1. The summed E-state index contributed by atoms with van der Waals surface area (Å²) < 4.78 is 14.6. The van der Waals surface area contributed by atoms with E-state index in [1.54, 1.807) is 16.8 Å². The van der Waals surface area contributed by atoms with E-state index in [-0.39, 0.29) is 11.9 Å². The number of aromatic nitrogens is 3. The van der Waals surface area contributed by atoms with Crippen LogP contribution in [0.25, 0.3) is 0 Å². The minimum absolute atomic E-state index is 0.128. The highest BCUT2D eigenvalue weighted by Crippen LogP contribution is 2.16. The lowest BCUT2D eigenvalue weighted by atomic mass is 9.96. The predicted molar refractivity (Wildman–Crippen MR) is 75.3 cm³/mol. The summed E-state index contributed by atoms with van der Waals surface area (Å²) in [6, 6.07) is 6.02. The number of rotatable bonds is 6. The number of benzene rings is 1. The molecule has 0 saturated heterocycles. The number of hydrogen-bond acceptors (Lipinski definition) is 3. The van der Waals surface area contributed by atoms with E-state index < -0.39 is 11.9 Å². The largest absolute Gasteiger partial charge is 0.481 e. The Balaban J connectivity index is 2.14. The second kappa shape index (κ2) is 6.47. The maximum absolute atomic E-state index is 12.9. The molecule has 1 aromatic heterocycles. The highest BCUT2D eigenvalue weighted by Gasteiger charge is 2.22. The van der Waals surface area contributed by atoms with Gasteiger partial charge >= 0.3 is 5.97 Å². The summed E-state index contributed by atoms with van der Waals surface area (Å²) in [7, 11) is 0. The van der Waals surface area contributed by atoms with Gasteiger partial charge in [0.2, 0.25) is 0 Å². The summed E-state index contributed by atoms with van der Waals surface area (Å²) in [5.74, 6) is -1.18. The molecule has 0 bridgehead atoms. The third-order valence-electron chi connectivity index (χ3n) is 3.31. The van der Waals surface area contributed by atoms with Crippen molar-refractivity contribution in [2.24, 2.45) is 5.92 Å². The zero-order valence-corrected chi connectivity index (χ0v) is 12.0. The number of carboxylic acids is 1. The van der Waals surface area contributed by atoms with Gasteiger partial charge in [-0.05, 0) is 38.0 Å². The number of nitrogens with zero attached hydrogens (tertiary/aromatic N) is 3. The smallest absolute Gasteiger partial charge is 0.307 e. The maximum Gasteiger partial charge on any atom is 0.307 e. The number of hydrogen-bond donors (Lipinski definition) is 1. The molecular weight excluding hydrogens is 273 g/mol. The third kappa shape index (κ3) is 3.87. The molecule has 0 fully saturated rings. The fraction of sp³-hybridized carbons (Fsp3) is 0.400. The maximum atomic E-state index is 12.9. The van der Waals surface area contributed by atoms with Gasteiger partial charge in [-0.25, -0.2) is 14.1 Å². The first-order valence-electron chi connectivity index (χ1n) is 6.83. The van der Waals surface area contributed by atoms with Crippen molar-refractivity contribution in [2.75, 3.05) is 0 Å². The molecule has 5 nitrogen and oxygen atoms in total. The van der Waals surface area contributed by atoms with E-state index in [0.29, 0.717) is 18.7 Å². The highest BCUT2D eigenvalue weighted by molar-refractivity contribution is 5.70. The molecule has 2 aromatic rings. The lowest BCUT2D eigenvalue weighted by Crippen LogP contribution is -2.22. The SMILES string of the molecule is CC(C)n1ncnc1CC(Cc1ccc(F)cc1)C(=O)O. The zero-order valence-electron chi connectivity index (χ0n) is 12.0. The van der Waals surface area contributed by atoms with Gasteiger partial charge < -0.3 is 5.11 Å². The Labute approximate surface area is 122 Å². The van der Waals surface area contributed by atoms with Crippen molar-refractivity contribution in [3.63, 3.8) is 0 Å². The first kappa shape index (κ1) is 15.2. The topological polar surface area (TPSA) is 68.0 Å². The van der Waals surface area contributed by atoms with Crippen LogP contribution in [0.2, 0.25) is 0 Å². The molecule has 21 heavy (non-hydrogen) atoms. The molecule has 0 aliphatic rings. The minimum Gasteiger partial charge on any atom is -0.481 e. The summed E-state index contributed by atoms with van der Waals surface area (Å²) in [6.45, 7) is 3.93. The van der Waals surface area contributed by atoms with Crippen LogP contribution in [0, 0.1) is 11.7 Å². The molecule has 1 heterocycles. The molecule has 0 spiro atoms. The Kier molecular flexibility index (Phi) is 4.67. The quantitative estimate of drug-likeness (QED) is 0.887. The molecule has 1 N–H and O–H groups in total. The van der Waals surface area contributed by atoms with Crippen LogP contribution in [0.5, 0.6) is 0 Å². The van der Waals surface area contributed by atoms with E-state index >= 15 is 0 Å². The monoisotopic (exact) mass is 291 g/mol. The molecule has 0 saturated carbocycles. The Morgan fingerprint density at radius 3 is 2.52 bits per heavy atom. The van der Waals surface area contributed by atoms with Gasteiger partial charge in [0, 0.05) is 12.5 Å². The van der Waals surface area contributed by atoms with Crippen LogP contribution >= 0.6 is 0 Å². The third-order valence-corrected chi connectivity index (χ3v) is 3.31. The number of carbonyl (C=O) groups is 1. The number of aliphatic carboxylic acids is 1. The van der Waals surface area contributed by atoms with Crippen molar-refractivity contribution < 1.29 is 14.3 Å². The Morgan fingerprint density at radius 1 is 1.29 bits per heavy atom.